The van der Waals surface area contributed by atoms with Crippen molar-refractivity contribution in [3.05, 3.63) is 0 Å². The predicted molar refractivity (Wildman–Crippen MR) is 37.6 cm³/mol. The summed E-state index contributed by atoms with van der Waals surface area (Å²) in [6, 6.07) is 0. The van der Waals surface area contributed by atoms with Crippen molar-refractivity contribution in [2.24, 2.45) is 5.92 Å². The zero-order valence-corrected chi connectivity index (χ0v) is 5.00. The second-order valence-electron chi connectivity index (χ2n) is 1.64. The molecule has 0 spiro atoms. The first-order chi connectivity index (χ1) is 4.09. The maximum atomic E-state index is 9.99. The van der Waals surface area contributed by atoms with Gasteiger partial charge in [-0.2, -0.15) is 0 Å². The van der Waals surface area contributed by atoms with E-state index in [0.717, 1.165) is 0 Å². The Kier molecular flexibility index (Phi) is 8.19. The van der Waals surface area contributed by atoms with Crippen LogP contribution in [0.25, 0.3) is 0 Å². The van der Waals surface area contributed by atoms with Gasteiger partial charge in [-0.25, -0.2) is 0 Å². The minimum absolute atomic E-state index is 0. The molecule has 0 saturated heterocycles. The van der Waals surface area contributed by atoms with Gasteiger partial charge < -0.3 is 10.2 Å². The van der Waals surface area contributed by atoms with Gasteiger partial charge >= 0.3 is 60.8 Å². The van der Waals surface area contributed by atoms with E-state index >= 15 is 0 Å². The molecule has 10 heavy (non-hydrogen) atoms. The first-order valence-corrected chi connectivity index (χ1v) is 2.55. The first-order valence-electron chi connectivity index (χ1n) is 2.55. The van der Waals surface area contributed by atoms with Gasteiger partial charge in [0.25, 0.3) is 0 Å². The molecule has 0 heterocycles. The molecule has 2 N–H and O–H groups in total. The number of carboxylic acid groups (broad SMARTS) is 2. The van der Waals surface area contributed by atoms with Crippen molar-refractivity contribution >= 4 is 60.8 Å². The summed E-state index contributed by atoms with van der Waals surface area (Å²) in [4.78, 5) is 20.0. The molecule has 0 unspecified atom stereocenters. The zero-order valence-electron chi connectivity index (χ0n) is 5.00. The topological polar surface area (TPSA) is 74.6 Å². The van der Waals surface area contributed by atoms with E-state index in [2.05, 4.69) is 0 Å². The van der Waals surface area contributed by atoms with Crippen molar-refractivity contribution < 1.29 is 19.8 Å². The molecule has 0 aliphatic carbocycles. The molecule has 0 atom stereocenters. The summed E-state index contributed by atoms with van der Waals surface area (Å²) in [5, 5.41) is 16.3. The summed E-state index contributed by atoms with van der Waals surface area (Å²) < 4.78 is 0. The van der Waals surface area contributed by atoms with Gasteiger partial charge in [0, 0.05) is 0 Å². The maximum absolute atomic E-state index is 9.99. The SMILES string of the molecule is CCC(C(=O)O)C(=O)O.[BaH2]. The number of rotatable bonds is 3. The van der Waals surface area contributed by atoms with Crippen LogP contribution in [-0.4, -0.2) is 71.0 Å². The third-order valence-electron chi connectivity index (χ3n) is 1.00. The Labute approximate surface area is 98.7 Å². The van der Waals surface area contributed by atoms with Crippen molar-refractivity contribution in [2.75, 3.05) is 0 Å². The molecule has 0 fully saturated rings. The number of hydrogen-bond acceptors (Lipinski definition) is 2. The van der Waals surface area contributed by atoms with E-state index in [1.807, 2.05) is 0 Å². The van der Waals surface area contributed by atoms with Gasteiger partial charge in [-0.3, -0.25) is 9.59 Å². The Morgan fingerprint density at radius 1 is 1.30 bits per heavy atom. The third kappa shape index (κ3) is 4.35. The van der Waals surface area contributed by atoms with Crippen LogP contribution in [-0.2, 0) is 9.59 Å². The van der Waals surface area contributed by atoms with Crippen LogP contribution in [0.3, 0.4) is 0 Å². The molecular weight excluding hydrogens is 261 g/mol. The number of aliphatic carboxylic acids is 2. The monoisotopic (exact) mass is 272 g/mol. The second kappa shape index (κ2) is 6.24. The van der Waals surface area contributed by atoms with E-state index < -0.39 is 17.9 Å². The fraction of sp³-hybridized carbons (Fsp3) is 0.600. The van der Waals surface area contributed by atoms with E-state index in [0.29, 0.717) is 0 Å². The van der Waals surface area contributed by atoms with Crippen molar-refractivity contribution in [2.45, 2.75) is 13.3 Å². The van der Waals surface area contributed by atoms with E-state index in [9.17, 15) is 9.59 Å². The van der Waals surface area contributed by atoms with Gasteiger partial charge in [0.15, 0.2) is 5.92 Å². The van der Waals surface area contributed by atoms with E-state index in [1.54, 1.807) is 0 Å². The fourth-order valence-corrected chi connectivity index (χ4v) is 0.455. The number of carbonyl (C=O) groups is 2. The van der Waals surface area contributed by atoms with Crippen LogP contribution >= 0.6 is 0 Å². The van der Waals surface area contributed by atoms with Crippen LogP contribution < -0.4 is 0 Å². The zero-order chi connectivity index (χ0) is 7.44. The fourth-order valence-electron chi connectivity index (χ4n) is 0.455. The van der Waals surface area contributed by atoms with Crippen LogP contribution in [0.5, 0.6) is 0 Å². The van der Waals surface area contributed by atoms with Crippen LogP contribution in [0.15, 0.2) is 0 Å². The normalized spacial score (nSPS) is 8.60. The van der Waals surface area contributed by atoms with Crippen LogP contribution in [0, 0.1) is 5.92 Å². The Morgan fingerprint density at radius 2 is 1.60 bits per heavy atom. The van der Waals surface area contributed by atoms with Crippen LogP contribution in [0.1, 0.15) is 13.3 Å². The molecule has 0 aliphatic rings. The van der Waals surface area contributed by atoms with Crippen LogP contribution in [0.2, 0.25) is 0 Å². The van der Waals surface area contributed by atoms with Gasteiger partial charge in [0.05, 0.1) is 0 Å². The molecule has 0 amide bonds. The van der Waals surface area contributed by atoms with Crippen molar-refractivity contribution in [1.82, 2.24) is 0 Å². The Bertz CT molecular complexity index is 120. The number of hydrogen-bond donors (Lipinski definition) is 2. The van der Waals surface area contributed by atoms with Gasteiger partial charge in [-0.15, -0.1) is 0 Å². The van der Waals surface area contributed by atoms with Crippen molar-refractivity contribution in [3.63, 3.8) is 0 Å². The molecule has 56 valence electrons. The summed E-state index contributed by atoms with van der Waals surface area (Å²) in [7, 11) is 0. The Hall–Kier alpha value is 0.511. The molecule has 0 aromatic rings. The van der Waals surface area contributed by atoms with Gasteiger partial charge in [0.2, 0.25) is 0 Å². The first kappa shape index (κ1) is 13.1. The summed E-state index contributed by atoms with van der Waals surface area (Å²) in [6.45, 7) is 1.52. The molecule has 0 bridgehead atoms. The molecule has 0 aliphatic heterocycles. The van der Waals surface area contributed by atoms with Gasteiger partial charge in [-0.05, 0) is 6.42 Å². The van der Waals surface area contributed by atoms with Gasteiger partial charge in [0.1, 0.15) is 0 Å². The van der Waals surface area contributed by atoms with E-state index in [1.165, 1.54) is 6.92 Å². The summed E-state index contributed by atoms with van der Waals surface area (Å²) in [5.74, 6) is -3.79. The molecule has 0 rings (SSSR count). The summed E-state index contributed by atoms with van der Waals surface area (Å²) >= 11 is 0. The quantitative estimate of drug-likeness (QED) is 0.524. The average molecular weight is 271 g/mol. The second-order valence-corrected chi connectivity index (χ2v) is 1.64. The molecule has 0 aromatic carbocycles. The van der Waals surface area contributed by atoms with Crippen molar-refractivity contribution in [3.8, 4) is 0 Å². The molecular formula is C5H10BaO4. The molecule has 0 radical (unpaired) electrons. The summed E-state index contributed by atoms with van der Waals surface area (Å²) in [6.07, 6.45) is 0.130. The van der Waals surface area contributed by atoms with E-state index in [4.69, 9.17) is 10.2 Å². The van der Waals surface area contributed by atoms with E-state index in [-0.39, 0.29) is 55.3 Å². The molecule has 4 nitrogen and oxygen atoms in total. The van der Waals surface area contributed by atoms with Crippen LogP contribution in [0.4, 0.5) is 0 Å². The standard InChI is InChI=1S/C5H8O4.Ba.2H/c1-2-3(4(6)7)5(8)9;;;/h3H,2H2,1H3,(H,6,7)(H,8,9);;;. The Morgan fingerprint density at radius 3 is 1.60 bits per heavy atom. The average Bonchev–Trinajstić information content (AvgIpc) is 1.64. The summed E-state index contributed by atoms with van der Waals surface area (Å²) in [5.41, 5.74) is 0. The third-order valence-corrected chi connectivity index (χ3v) is 1.00. The predicted octanol–water partition coefficient (Wildman–Crippen LogP) is -0.734. The number of carboxylic acids is 2. The molecule has 0 aromatic heterocycles. The minimum atomic E-state index is -1.27. The molecule has 5 heteroatoms. The Balaban J connectivity index is 0. The van der Waals surface area contributed by atoms with Crippen molar-refractivity contribution in [1.29, 1.82) is 0 Å². The van der Waals surface area contributed by atoms with Gasteiger partial charge in [-0.1, -0.05) is 6.92 Å². The molecule has 0 saturated carbocycles.